The zero-order chi connectivity index (χ0) is 15.1. The largest absolute Gasteiger partial charge is 0.478 e. The van der Waals surface area contributed by atoms with Gasteiger partial charge in [0, 0.05) is 13.5 Å². The van der Waals surface area contributed by atoms with E-state index in [1.54, 1.807) is 6.08 Å². The van der Waals surface area contributed by atoms with E-state index >= 15 is 0 Å². The van der Waals surface area contributed by atoms with Gasteiger partial charge in [0.05, 0.1) is 11.1 Å². The Bertz CT molecular complexity index is 563. The number of benzene rings is 1. The fourth-order valence-corrected chi connectivity index (χ4v) is 1.57. The van der Waals surface area contributed by atoms with Crippen LogP contribution in [-0.2, 0) is 4.79 Å². The first kappa shape index (κ1) is 15.4. The summed E-state index contributed by atoms with van der Waals surface area (Å²) >= 11 is 0. The van der Waals surface area contributed by atoms with Crippen molar-refractivity contribution in [2.24, 2.45) is 0 Å². The number of carbonyl (C=O) groups is 3. The van der Waals surface area contributed by atoms with Gasteiger partial charge in [0.2, 0.25) is 5.91 Å². The summed E-state index contributed by atoms with van der Waals surface area (Å²) in [7, 11) is 0. The lowest BCUT2D eigenvalue weighted by atomic mass is 10.0. The van der Waals surface area contributed by atoms with Crippen LogP contribution in [0.15, 0.2) is 24.3 Å². The summed E-state index contributed by atoms with van der Waals surface area (Å²) in [5, 5.41) is 20.5. The van der Waals surface area contributed by atoms with Gasteiger partial charge < -0.3 is 15.5 Å². The van der Waals surface area contributed by atoms with Gasteiger partial charge in [-0.2, -0.15) is 0 Å². The highest BCUT2D eigenvalue weighted by Crippen LogP contribution is 2.14. The predicted octanol–water partition coefficient (Wildman–Crippen LogP) is 1.62. The molecular formula is C14H15NO5. The van der Waals surface area contributed by atoms with E-state index in [0.29, 0.717) is 18.5 Å². The normalized spacial score (nSPS) is 10.4. The standard InChI is InChI=1S/C14H15NO5/c1-9(16)15-7-3-2-4-10-8-11(13(17)18)5-6-12(10)14(19)20/h2,4-6,8H,3,7H2,1H3,(H,15,16)(H,17,18)(H,19,20). The average molecular weight is 277 g/mol. The summed E-state index contributed by atoms with van der Waals surface area (Å²) in [4.78, 5) is 32.6. The molecule has 0 fully saturated rings. The monoisotopic (exact) mass is 277 g/mol. The first-order valence-electron chi connectivity index (χ1n) is 5.93. The highest BCUT2D eigenvalue weighted by Gasteiger charge is 2.11. The fourth-order valence-electron chi connectivity index (χ4n) is 1.57. The smallest absolute Gasteiger partial charge is 0.336 e. The van der Waals surface area contributed by atoms with Crippen molar-refractivity contribution < 1.29 is 24.6 Å². The summed E-state index contributed by atoms with van der Waals surface area (Å²) in [5.74, 6) is -2.38. The van der Waals surface area contributed by atoms with E-state index in [1.807, 2.05) is 0 Å². The number of hydrogen-bond acceptors (Lipinski definition) is 3. The van der Waals surface area contributed by atoms with Gasteiger partial charge in [0.15, 0.2) is 0 Å². The minimum atomic E-state index is -1.12. The van der Waals surface area contributed by atoms with Crippen molar-refractivity contribution in [2.45, 2.75) is 13.3 Å². The Labute approximate surface area is 115 Å². The Morgan fingerprint density at radius 2 is 1.90 bits per heavy atom. The zero-order valence-electron chi connectivity index (χ0n) is 10.9. The van der Waals surface area contributed by atoms with Crippen LogP contribution in [0.5, 0.6) is 0 Å². The molecule has 6 nitrogen and oxygen atoms in total. The van der Waals surface area contributed by atoms with Crippen LogP contribution in [0, 0.1) is 0 Å². The van der Waals surface area contributed by atoms with E-state index in [0.717, 1.165) is 0 Å². The third kappa shape index (κ3) is 4.56. The van der Waals surface area contributed by atoms with Crippen molar-refractivity contribution in [1.82, 2.24) is 5.32 Å². The van der Waals surface area contributed by atoms with Crippen molar-refractivity contribution in [1.29, 1.82) is 0 Å². The molecule has 1 rings (SSSR count). The summed E-state index contributed by atoms with van der Waals surface area (Å²) in [6, 6.07) is 3.82. The molecule has 0 bridgehead atoms. The lowest BCUT2D eigenvalue weighted by molar-refractivity contribution is -0.118. The molecule has 6 heteroatoms. The van der Waals surface area contributed by atoms with Gasteiger partial charge in [-0.15, -0.1) is 0 Å². The van der Waals surface area contributed by atoms with Crippen molar-refractivity contribution in [3.63, 3.8) is 0 Å². The lowest BCUT2D eigenvalue weighted by Gasteiger charge is -2.03. The van der Waals surface area contributed by atoms with Crippen LogP contribution in [0.2, 0.25) is 0 Å². The molecule has 0 aliphatic rings. The Morgan fingerprint density at radius 1 is 1.20 bits per heavy atom. The van der Waals surface area contributed by atoms with E-state index in [1.165, 1.54) is 31.2 Å². The van der Waals surface area contributed by atoms with Gasteiger partial charge in [-0.3, -0.25) is 4.79 Å². The molecule has 20 heavy (non-hydrogen) atoms. The number of carboxylic acids is 2. The van der Waals surface area contributed by atoms with Crippen LogP contribution >= 0.6 is 0 Å². The number of carbonyl (C=O) groups excluding carboxylic acids is 1. The van der Waals surface area contributed by atoms with Crippen LogP contribution in [0.1, 0.15) is 39.6 Å². The van der Waals surface area contributed by atoms with E-state index < -0.39 is 11.9 Å². The summed E-state index contributed by atoms with van der Waals surface area (Å²) in [6.45, 7) is 1.84. The van der Waals surface area contributed by atoms with Crippen LogP contribution < -0.4 is 5.32 Å². The quantitative estimate of drug-likeness (QED) is 0.685. The Kier molecular flexibility index (Phi) is 5.46. The maximum Gasteiger partial charge on any atom is 0.336 e. The van der Waals surface area contributed by atoms with Crippen molar-refractivity contribution >= 4 is 23.9 Å². The second kappa shape index (κ2) is 7.08. The fraction of sp³-hybridized carbons (Fsp3) is 0.214. The van der Waals surface area contributed by atoms with Crippen molar-refractivity contribution in [3.05, 3.63) is 41.0 Å². The molecule has 106 valence electrons. The SMILES string of the molecule is CC(=O)NCCC=Cc1cc(C(=O)O)ccc1C(=O)O. The van der Waals surface area contributed by atoms with Gasteiger partial charge in [0.1, 0.15) is 0 Å². The van der Waals surface area contributed by atoms with Gasteiger partial charge >= 0.3 is 11.9 Å². The van der Waals surface area contributed by atoms with E-state index in [9.17, 15) is 14.4 Å². The third-order valence-corrected chi connectivity index (χ3v) is 2.51. The van der Waals surface area contributed by atoms with E-state index in [2.05, 4.69) is 5.32 Å². The van der Waals surface area contributed by atoms with Crippen molar-refractivity contribution in [3.8, 4) is 0 Å². The molecule has 1 aromatic carbocycles. The zero-order valence-corrected chi connectivity index (χ0v) is 10.9. The predicted molar refractivity (Wildman–Crippen MR) is 72.7 cm³/mol. The first-order valence-corrected chi connectivity index (χ1v) is 5.93. The molecule has 0 radical (unpaired) electrons. The molecule has 0 spiro atoms. The molecule has 3 N–H and O–H groups in total. The highest BCUT2D eigenvalue weighted by molar-refractivity contribution is 5.95. The maximum atomic E-state index is 11.0. The summed E-state index contributed by atoms with van der Waals surface area (Å²) < 4.78 is 0. The molecule has 1 amide bonds. The van der Waals surface area contributed by atoms with Gasteiger partial charge in [-0.25, -0.2) is 9.59 Å². The Hall–Kier alpha value is -2.63. The van der Waals surface area contributed by atoms with Crippen LogP contribution in [0.4, 0.5) is 0 Å². The molecule has 0 aromatic heterocycles. The number of carboxylic acid groups (broad SMARTS) is 2. The maximum absolute atomic E-state index is 11.0. The molecule has 1 aromatic rings. The van der Waals surface area contributed by atoms with E-state index in [4.69, 9.17) is 10.2 Å². The lowest BCUT2D eigenvalue weighted by Crippen LogP contribution is -2.20. The first-order chi connectivity index (χ1) is 9.41. The van der Waals surface area contributed by atoms with Gasteiger partial charge in [0.25, 0.3) is 0 Å². The van der Waals surface area contributed by atoms with Crippen LogP contribution in [0.25, 0.3) is 6.08 Å². The van der Waals surface area contributed by atoms with Gasteiger partial charge in [-0.1, -0.05) is 12.2 Å². The molecule has 0 unspecified atom stereocenters. The van der Waals surface area contributed by atoms with E-state index in [-0.39, 0.29) is 17.0 Å². The molecule has 0 atom stereocenters. The number of rotatable bonds is 6. The van der Waals surface area contributed by atoms with Crippen LogP contribution in [-0.4, -0.2) is 34.6 Å². The molecular weight excluding hydrogens is 262 g/mol. The minimum absolute atomic E-state index is 0.0245. The number of hydrogen-bond donors (Lipinski definition) is 3. The molecule has 0 heterocycles. The number of nitrogens with one attached hydrogen (secondary N) is 1. The number of amides is 1. The molecule has 0 aliphatic carbocycles. The van der Waals surface area contributed by atoms with Crippen molar-refractivity contribution in [2.75, 3.05) is 6.54 Å². The molecule has 0 saturated heterocycles. The Morgan fingerprint density at radius 3 is 2.45 bits per heavy atom. The molecule has 0 aliphatic heterocycles. The van der Waals surface area contributed by atoms with Crippen LogP contribution in [0.3, 0.4) is 0 Å². The highest BCUT2D eigenvalue weighted by atomic mass is 16.4. The van der Waals surface area contributed by atoms with Gasteiger partial charge in [-0.05, 0) is 30.2 Å². The average Bonchev–Trinajstić information content (AvgIpc) is 2.37. The summed E-state index contributed by atoms with van der Waals surface area (Å²) in [5.41, 5.74) is 0.377. The topological polar surface area (TPSA) is 104 Å². The third-order valence-electron chi connectivity index (χ3n) is 2.51. The summed E-state index contributed by atoms with van der Waals surface area (Å²) in [6.07, 6.45) is 3.75. The molecule has 0 saturated carbocycles. The second-order valence-corrected chi connectivity index (χ2v) is 4.09. The Balaban J connectivity index is 2.87. The minimum Gasteiger partial charge on any atom is -0.478 e. The second-order valence-electron chi connectivity index (χ2n) is 4.09. The number of aromatic carboxylic acids is 2.